The van der Waals surface area contributed by atoms with Gasteiger partial charge >= 0.3 is 0 Å². The van der Waals surface area contributed by atoms with E-state index in [0.717, 1.165) is 11.3 Å². The van der Waals surface area contributed by atoms with E-state index in [2.05, 4.69) is 20.3 Å². The second-order valence-corrected chi connectivity index (χ2v) is 3.19. The van der Waals surface area contributed by atoms with Gasteiger partial charge in [-0.2, -0.15) is 0 Å². The van der Waals surface area contributed by atoms with E-state index in [0.29, 0.717) is 5.95 Å². The van der Waals surface area contributed by atoms with Gasteiger partial charge in [0.25, 0.3) is 0 Å². The number of amides is 1. The van der Waals surface area contributed by atoms with Crippen LogP contribution in [0.2, 0.25) is 0 Å². The lowest BCUT2D eigenvalue weighted by molar-refractivity contribution is -0.114. The van der Waals surface area contributed by atoms with Crippen LogP contribution in [0.3, 0.4) is 0 Å². The van der Waals surface area contributed by atoms with Gasteiger partial charge in [-0.05, 0) is 18.2 Å². The van der Waals surface area contributed by atoms with Crippen molar-refractivity contribution in [2.75, 3.05) is 5.32 Å². The summed E-state index contributed by atoms with van der Waals surface area (Å²) in [4.78, 5) is 23.0. The van der Waals surface area contributed by atoms with E-state index in [1.54, 1.807) is 24.7 Å². The Labute approximate surface area is 94.1 Å². The highest BCUT2D eigenvalue weighted by molar-refractivity contribution is 5.86. The van der Waals surface area contributed by atoms with Crippen LogP contribution in [-0.2, 0) is 4.79 Å². The van der Waals surface area contributed by atoms with E-state index in [4.69, 9.17) is 0 Å². The standard InChI is InChI=1S/C11H10N4O.H2/c1-8(16)14-11-13-6-4-10(15-11)9-3-2-5-12-7-9;/h2-7H,1H3,(H,13,14,15,16);1H. The zero-order valence-electron chi connectivity index (χ0n) is 8.71. The zero-order valence-corrected chi connectivity index (χ0v) is 8.71. The third-order valence-corrected chi connectivity index (χ3v) is 1.90. The van der Waals surface area contributed by atoms with Crippen molar-refractivity contribution in [3.05, 3.63) is 36.8 Å². The third-order valence-electron chi connectivity index (χ3n) is 1.90. The predicted molar refractivity (Wildman–Crippen MR) is 61.7 cm³/mol. The smallest absolute Gasteiger partial charge is 0.229 e. The van der Waals surface area contributed by atoms with E-state index < -0.39 is 0 Å². The number of carbonyl (C=O) groups is 1. The summed E-state index contributed by atoms with van der Waals surface area (Å²) in [6.07, 6.45) is 5.00. The van der Waals surface area contributed by atoms with Gasteiger partial charge in [0.15, 0.2) is 0 Å². The highest BCUT2D eigenvalue weighted by Gasteiger charge is 2.02. The zero-order chi connectivity index (χ0) is 11.4. The number of hydrogen-bond donors (Lipinski definition) is 1. The van der Waals surface area contributed by atoms with Gasteiger partial charge < -0.3 is 0 Å². The number of carbonyl (C=O) groups excluding carboxylic acids is 1. The summed E-state index contributed by atoms with van der Waals surface area (Å²) >= 11 is 0. The molecular weight excluding hydrogens is 204 g/mol. The molecule has 2 aromatic heterocycles. The van der Waals surface area contributed by atoms with E-state index in [9.17, 15) is 4.79 Å². The monoisotopic (exact) mass is 216 g/mol. The summed E-state index contributed by atoms with van der Waals surface area (Å²) in [6, 6.07) is 5.49. The number of hydrogen-bond acceptors (Lipinski definition) is 4. The Hall–Kier alpha value is -2.30. The van der Waals surface area contributed by atoms with Crippen LogP contribution in [-0.4, -0.2) is 20.9 Å². The molecule has 0 saturated carbocycles. The topological polar surface area (TPSA) is 67.8 Å². The van der Waals surface area contributed by atoms with Crippen LogP contribution in [0.15, 0.2) is 36.8 Å². The van der Waals surface area contributed by atoms with Gasteiger partial charge in [-0.1, -0.05) is 0 Å². The molecule has 0 spiro atoms. The molecule has 0 fully saturated rings. The fourth-order valence-electron chi connectivity index (χ4n) is 1.25. The first kappa shape index (κ1) is 10.2. The molecule has 0 bridgehead atoms. The van der Waals surface area contributed by atoms with Crippen LogP contribution in [0.1, 0.15) is 8.35 Å². The molecule has 1 amide bonds. The molecule has 5 nitrogen and oxygen atoms in total. The molecule has 2 rings (SSSR count). The normalized spacial score (nSPS) is 9.81. The Morgan fingerprint density at radius 3 is 2.94 bits per heavy atom. The first-order chi connectivity index (χ1) is 7.75. The van der Waals surface area contributed by atoms with Crippen LogP contribution >= 0.6 is 0 Å². The highest BCUT2D eigenvalue weighted by atomic mass is 16.1. The molecule has 0 radical (unpaired) electrons. The van der Waals surface area contributed by atoms with Gasteiger partial charge in [-0.25, -0.2) is 9.97 Å². The van der Waals surface area contributed by atoms with Crippen LogP contribution < -0.4 is 5.32 Å². The molecule has 0 aliphatic heterocycles. The summed E-state index contributed by atoms with van der Waals surface area (Å²) < 4.78 is 0. The van der Waals surface area contributed by atoms with Crippen LogP contribution in [0.5, 0.6) is 0 Å². The highest BCUT2D eigenvalue weighted by Crippen LogP contribution is 2.15. The Morgan fingerprint density at radius 1 is 1.38 bits per heavy atom. The van der Waals surface area contributed by atoms with Gasteiger partial charge in [-0.15, -0.1) is 0 Å². The first-order valence-corrected chi connectivity index (χ1v) is 4.77. The van der Waals surface area contributed by atoms with E-state index in [1.807, 2.05) is 12.1 Å². The van der Waals surface area contributed by atoms with Crippen molar-refractivity contribution >= 4 is 11.9 Å². The van der Waals surface area contributed by atoms with Gasteiger partial charge in [0.2, 0.25) is 11.9 Å². The molecule has 82 valence electrons. The average molecular weight is 216 g/mol. The largest absolute Gasteiger partial charge is 0.295 e. The molecule has 1 N–H and O–H groups in total. The van der Waals surface area contributed by atoms with Gasteiger partial charge in [0, 0.05) is 32.5 Å². The maximum atomic E-state index is 10.9. The molecule has 16 heavy (non-hydrogen) atoms. The summed E-state index contributed by atoms with van der Waals surface area (Å²) in [6.45, 7) is 1.42. The van der Waals surface area contributed by atoms with E-state index in [1.165, 1.54) is 6.92 Å². The summed E-state index contributed by atoms with van der Waals surface area (Å²) in [5.41, 5.74) is 1.61. The summed E-state index contributed by atoms with van der Waals surface area (Å²) in [5, 5.41) is 2.53. The summed E-state index contributed by atoms with van der Waals surface area (Å²) in [5.74, 6) is 0.109. The number of nitrogens with one attached hydrogen (secondary N) is 1. The van der Waals surface area contributed by atoms with Crippen LogP contribution in [0.25, 0.3) is 11.3 Å². The number of rotatable bonds is 2. The molecule has 0 aliphatic carbocycles. The van der Waals surface area contributed by atoms with Gasteiger partial charge in [0.05, 0.1) is 5.69 Å². The van der Waals surface area contributed by atoms with Crippen molar-refractivity contribution in [1.82, 2.24) is 15.0 Å². The lowest BCUT2D eigenvalue weighted by atomic mass is 10.2. The maximum absolute atomic E-state index is 10.9. The van der Waals surface area contributed by atoms with Crippen molar-refractivity contribution in [3.8, 4) is 11.3 Å². The van der Waals surface area contributed by atoms with Crippen molar-refractivity contribution < 1.29 is 6.22 Å². The Balaban J connectivity index is 0.00000144. The molecule has 0 atom stereocenters. The minimum absolute atomic E-state index is 0. The van der Waals surface area contributed by atoms with Crippen molar-refractivity contribution in [3.63, 3.8) is 0 Å². The second-order valence-electron chi connectivity index (χ2n) is 3.19. The molecule has 2 heterocycles. The number of nitrogens with zero attached hydrogens (tertiary/aromatic N) is 3. The first-order valence-electron chi connectivity index (χ1n) is 4.77. The van der Waals surface area contributed by atoms with E-state index >= 15 is 0 Å². The molecule has 2 aromatic rings. The predicted octanol–water partition coefficient (Wildman–Crippen LogP) is 1.74. The van der Waals surface area contributed by atoms with Gasteiger partial charge in [0.1, 0.15) is 0 Å². The lowest BCUT2D eigenvalue weighted by Crippen LogP contribution is -2.09. The number of anilines is 1. The van der Waals surface area contributed by atoms with Crippen LogP contribution in [0, 0.1) is 0 Å². The van der Waals surface area contributed by atoms with Gasteiger partial charge in [-0.3, -0.25) is 15.1 Å². The maximum Gasteiger partial charge on any atom is 0.229 e. The molecule has 0 aliphatic rings. The Bertz CT molecular complexity index is 504. The fraction of sp³-hybridized carbons (Fsp3) is 0.0909. The van der Waals surface area contributed by atoms with E-state index in [-0.39, 0.29) is 7.33 Å². The Kier molecular flexibility index (Phi) is 2.86. The minimum atomic E-state index is -0.191. The fourth-order valence-corrected chi connectivity index (χ4v) is 1.25. The average Bonchev–Trinajstić information content (AvgIpc) is 2.30. The van der Waals surface area contributed by atoms with Crippen molar-refractivity contribution in [2.24, 2.45) is 0 Å². The van der Waals surface area contributed by atoms with Crippen molar-refractivity contribution in [1.29, 1.82) is 0 Å². The third kappa shape index (κ3) is 2.38. The quantitative estimate of drug-likeness (QED) is 0.830. The lowest BCUT2D eigenvalue weighted by Gasteiger charge is -2.03. The van der Waals surface area contributed by atoms with Crippen molar-refractivity contribution in [2.45, 2.75) is 6.92 Å². The molecule has 0 aromatic carbocycles. The Morgan fingerprint density at radius 2 is 2.25 bits per heavy atom. The molecule has 0 unspecified atom stereocenters. The van der Waals surface area contributed by atoms with Crippen LogP contribution in [0.4, 0.5) is 5.95 Å². The number of aromatic nitrogens is 3. The molecular formula is C11H12N4O. The SMILES string of the molecule is CC(=O)Nc1nccc(-c2cccnc2)n1.[HH]. The molecule has 0 saturated heterocycles. The molecule has 5 heteroatoms. The second kappa shape index (κ2) is 4.48. The summed E-state index contributed by atoms with van der Waals surface area (Å²) in [7, 11) is 0. The number of pyridine rings is 1. The minimum Gasteiger partial charge on any atom is -0.295 e.